The fourth-order valence-corrected chi connectivity index (χ4v) is 2.78. The van der Waals surface area contributed by atoms with Gasteiger partial charge < -0.3 is 10.2 Å². The molecular weight excluding hydrogens is 293 g/mol. The maximum Gasteiger partial charge on any atom is 0.134 e. The van der Waals surface area contributed by atoms with Crippen LogP contribution in [0.15, 0.2) is 52.9 Å². The van der Waals surface area contributed by atoms with Gasteiger partial charge in [0.05, 0.1) is 6.04 Å². The van der Waals surface area contributed by atoms with Crippen LogP contribution in [-0.4, -0.2) is 0 Å². The van der Waals surface area contributed by atoms with Crippen molar-refractivity contribution in [1.29, 1.82) is 0 Å². The Morgan fingerprint density at radius 2 is 1.70 bits per heavy atom. The number of benzene rings is 2. The Morgan fingerprint density at radius 3 is 2.40 bits per heavy atom. The van der Waals surface area contributed by atoms with Gasteiger partial charge >= 0.3 is 0 Å². The standard InChI is InChI=1S/C16H13Cl2NO/c17-12-5-3-6-13(18)11(12)9-14(19)16-8-10-4-1-2-7-15(10)20-16/h1-8,14H,9,19H2. The number of nitrogens with two attached hydrogens (primary N) is 1. The van der Waals surface area contributed by atoms with Gasteiger partial charge in [-0.3, -0.25) is 0 Å². The topological polar surface area (TPSA) is 39.2 Å². The summed E-state index contributed by atoms with van der Waals surface area (Å²) < 4.78 is 5.77. The van der Waals surface area contributed by atoms with Gasteiger partial charge in [-0.1, -0.05) is 47.5 Å². The first-order valence-corrected chi connectivity index (χ1v) is 7.07. The second-order valence-corrected chi connectivity index (χ2v) is 5.51. The van der Waals surface area contributed by atoms with Crippen LogP contribution in [0.4, 0.5) is 0 Å². The predicted octanol–water partition coefficient (Wildman–Crippen LogP) is 4.98. The van der Waals surface area contributed by atoms with E-state index in [1.54, 1.807) is 0 Å². The predicted molar refractivity (Wildman–Crippen MR) is 83.3 cm³/mol. The van der Waals surface area contributed by atoms with Gasteiger partial charge in [-0.2, -0.15) is 0 Å². The highest BCUT2D eigenvalue weighted by molar-refractivity contribution is 6.36. The molecule has 0 fully saturated rings. The SMILES string of the molecule is NC(Cc1c(Cl)cccc1Cl)c1cc2ccccc2o1. The van der Waals surface area contributed by atoms with Crippen molar-refractivity contribution in [3.63, 3.8) is 0 Å². The van der Waals surface area contributed by atoms with E-state index >= 15 is 0 Å². The summed E-state index contributed by atoms with van der Waals surface area (Å²) in [6.07, 6.45) is 0.540. The Kier molecular flexibility index (Phi) is 3.70. The van der Waals surface area contributed by atoms with Crippen LogP contribution >= 0.6 is 23.2 Å². The number of hydrogen-bond donors (Lipinski definition) is 1. The third-order valence-electron chi connectivity index (χ3n) is 3.30. The largest absolute Gasteiger partial charge is 0.459 e. The van der Waals surface area contributed by atoms with Crippen LogP contribution < -0.4 is 5.73 Å². The van der Waals surface area contributed by atoms with Crippen molar-refractivity contribution in [2.75, 3.05) is 0 Å². The van der Waals surface area contributed by atoms with E-state index in [9.17, 15) is 0 Å². The van der Waals surface area contributed by atoms with E-state index in [1.165, 1.54) is 0 Å². The van der Waals surface area contributed by atoms with Crippen LogP contribution in [0.25, 0.3) is 11.0 Å². The van der Waals surface area contributed by atoms with E-state index in [2.05, 4.69) is 0 Å². The summed E-state index contributed by atoms with van der Waals surface area (Å²) >= 11 is 12.3. The number of furan rings is 1. The molecule has 4 heteroatoms. The summed E-state index contributed by atoms with van der Waals surface area (Å²) in [6, 6.07) is 15.0. The molecule has 0 saturated carbocycles. The van der Waals surface area contributed by atoms with Gasteiger partial charge in [-0.25, -0.2) is 0 Å². The highest BCUT2D eigenvalue weighted by Gasteiger charge is 2.16. The summed E-state index contributed by atoms with van der Waals surface area (Å²) in [7, 11) is 0. The molecule has 1 atom stereocenters. The highest BCUT2D eigenvalue weighted by Crippen LogP contribution is 2.30. The fraction of sp³-hybridized carbons (Fsp3) is 0.125. The summed E-state index contributed by atoms with van der Waals surface area (Å²) in [5, 5.41) is 2.30. The normalized spacial score (nSPS) is 12.8. The minimum Gasteiger partial charge on any atom is -0.459 e. The Hall–Kier alpha value is -1.48. The first-order chi connectivity index (χ1) is 9.65. The number of fused-ring (bicyclic) bond motifs is 1. The van der Waals surface area contributed by atoms with Crippen molar-refractivity contribution in [3.8, 4) is 0 Å². The quantitative estimate of drug-likeness (QED) is 0.741. The van der Waals surface area contributed by atoms with Gasteiger partial charge in [0, 0.05) is 15.4 Å². The Labute approximate surface area is 127 Å². The molecule has 0 aliphatic carbocycles. The van der Waals surface area contributed by atoms with Crippen molar-refractivity contribution >= 4 is 34.2 Å². The van der Waals surface area contributed by atoms with Crippen molar-refractivity contribution < 1.29 is 4.42 Å². The minimum absolute atomic E-state index is 0.278. The van der Waals surface area contributed by atoms with E-state index in [-0.39, 0.29) is 6.04 Å². The molecule has 0 radical (unpaired) electrons. The first kappa shape index (κ1) is 13.5. The zero-order valence-corrected chi connectivity index (χ0v) is 12.2. The molecule has 20 heavy (non-hydrogen) atoms. The fourth-order valence-electron chi connectivity index (χ4n) is 2.23. The smallest absolute Gasteiger partial charge is 0.134 e. The molecule has 2 aromatic carbocycles. The molecule has 1 heterocycles. The highest BCUT2D eigenvalue weighted by atomic mass is 35.5. The first-order valence-electron chi connectivity index (χ1n) is 6.32. The molecule has 3 rings (SSSR count). The Morgan fingerprint density at radius 1 is 1.00 bits per heavy atom. The Balaban J connectivity index is 1.91. The van der Waals surface area contributed by atoms with Crippen molar-refractivity contribution in [2.24, 2.45) is 5.73 Å². The molecule has 0 amide bonds. The van der Waals surface area contributed by atoms with Gasteiger partial charge in [-0.15, -0.1) is 0 Å². The average Bonchev–Trinajstić information content (AvgIpc) is 2.87. The monoisotopic (exact) mass is 305 g/mol. The lowest BCUT2D eigenvalue weighted by atomic mass is 10.0. The zero-order chi connectivity index (χ0) is 14.1. The van der Waals surface area contributed by atoms with Crippen LogP contribution in [0, 0.1) is 0 Å². The van der Waals surface area contributed by atoms with E-state index in [1.807, 2.05) is 48.5 Å². The second-order valence-electron chi connectivity index (χ2n) is 4.70. The molecule has 0 aliphatic heterocycles. The number of rotatable bonds is 3. The molecule has 1 unspecified atom stereocenters. The molecule has 3 aromatic rings. The van der Waals surface area contributed by atoms with Gasteiger partial charge in [0.1, 0.15) is 11.3 Å². The lowest BCUT2D eigenvalue weighted by Gasteiger charge is -2.11. The van der Waals surface area contributed by atoms with Gasteiger partial charge in [-0.05, 0) is 36.2 Å². The van der Waals surface area contributed by atoms with Gasteiger partial charge in [0.25, 0.3) is 0 Å². The van der Waals surface area contributed by atoms with Crippen LogP contribution in [0.2, 0.25) is 10.0 Å². The van der Waals surface area contributed by atoms with Gasteiger partial charge in [0.2, 0.25) is 0 Å². The number of hydrogen-bond acceptors (Lipinski definition) is 2. The lowest BCUT2D eigenvalue weighted by molar-refractivity contribution is 0.494. The molecule has 102 valence electrons. The molecular formula is C16H13Cl2NO. The third-order valence-corrected chi connectivity index (χ3v) is 4.00. The van der Waals surface area contributed by atoms with Crippen molar-refractivity contribution in [2.45, 2.75) is 12.5 Å². The minimum atomic E-state index is -0.278. The van der Waals surface area contributed by atoms with Crippen molar-refractivity contribution in [1.82, 2.24) is 0 Å². The average molecular weight is 306 g/mol. The van der Waals surface area contributed by atoms with Crippen LogP contribution in [0.1, 0.15) is 17.4 Å². The lowest BCUT2D eigenvalue weighted by Crippen LogP contribution is -2.13. The number of halogens is 2. The molecule has 2 N–H and O–H groups in total. The van der Waals surface area contributed by atoms with Crippen LogP contribution in [0.3, 0.4) is 0 Å². The number of para-hydroxylation sites is 1. The van der Waals surface area contributed by atoms with E-state index < -0.39 is 0 Å². The second kappa shape index (κ2) is 5.49. The van der Waals surface area contributed by atoms with Crippen LogP contribution in [-0.2, 0) is 6.42 Å². The maximum absolute atomic E-state index is 6.22. The van der Waals surface area contributed by atoms with E-state index in [0.717, 1.165) is 22.3 Å². The summed E-state index contributed by atoms with van der Waals surface area (Å²) in [5.41, 5.74) is 7.90. The molecule has 1 aromatic heterocycles. The Bertz CT molecular complexity index is 698. The third kappa shape index (κ3) is 2.55. The molecule has 0 saturated heterocycles. The molecule has 0 aliphatic rings. The van der Waals surface area contributed by atoms with Gasteiger partial charge in [0.15, 0.2) is 0 Å². The van der Waals surface area contributed by atoms with E-state index in [0.29, 0.717) is 16.5 Å². The molecule has 2 nitrogen and oxygen atoms in total. The molecule has 0 bridgehead atoms. The summed E-state index contributed by atoms with van der Waals surface area (Å²) in [5.74, 6) is 0.738. The molecule has 0 spiro atoms. The summed E-state index contributed by atoms with van der Waals surface area (Å²) in [4.78, 5) is 0. The van der Waals surface area contributed by atoms with Crippen LogP contribution in [0.5, 0.6) is 0 Å². The van der Waals surface area contributed by atoms with Crippen molar-refractivity contribution in [3.05, 3.63) is 69.9 Å². The van der Waals surface area contributed by atoms with E-state index in [4.69, 9.17) is 33.4 Å². The zero-order valence-electron chi connectivity index (χ0n) is 10.6. The maximum atomic E-state index is 6.22. The summed E-state index contributed by atoms with van der Waals surface area (Å²) in [6.45, 7) is 0.